The molecule has 0 atom stereocenters. The van der Waals surface area contributed by atoms with Gasteiger partial charge in [0.25, 0.3) is 0 Å². The Morgan fingerprint density at radius 2 is 2.46 bits per heavy atom. The lowest BCUT2D eigenvalue weighted by Gasteiger charge is -2.39. The van der Waals surface area contributed by atoms with E-state index in [9.17, 15) is 0 Å². The van der Waals surface area contributed by atoms with Crippen LogP contribution in [0.2, 0.25) is 0 Å². The van der Waals surface area contributed by atoms with Crippen molar-refractivity contribution in [3.63, 3.8) is 0 Å². The molecular formula is C9H15N3O. The Balaban J connectivity index is 0.000000980. The molecule has 0 amide bonds. The van der Waals surface area contributed by atoms with E-state index in [4.69, 9.17) is 10.5 Å². The van der Waals surface area contributed by atoms with Gasteiger partial charge in [0, 0.05) is 39.6 Å². The number of aromatic nitrogens is 1. The lowest BCUT2D eigenvalue weighted by Crippen LogP contribution is -2.52. The van der Waals surface area contributed by atoms with Gasteiger partial charge in [-0.05, 0) is 6.07 Å². The summed E-state index contributed by atoms with van der Waals surface area (Å²) >= 11 is 0. The number of rotatable bonds is 2. The molecule has 1 aromatic rings. The average molecular weight is 181 g/mol. The molecule has 2 N–H and O–H groups in total. The van der Waals surface area contributed by atoms with Crippen molar-refractivity contribution in [1.29, 1.82) is 0 Å². The molecule has 0 bridgehead atoms. The molecule has 0 aliphatic carbocycles. The van der Waals surface area contributed by atoms with Crippen molar-refractivity contribution in [1.82, 2.24) is 4.98 Å². The van der Waals surface area contributed by atoms with E-state index in [2.05, 4.69) is 9.88 Å². The Hall–Kier alpha value is -1.29. The molecule has 1 aliphatic rings. The van der Waals surface area contributed by atoms with Gasteiger partial charge in [0.1, 0.15) is 5.82 Å². The van der Waals surface area contributed by atoms with Gasteiger partial charge in [0.15, 0.2) is 0 Å². The van der Waals surface area contributed by atoms with E-state index in [1.165, 1.54) is 0 Å². The maximum atomic E-state index is 5.64. The van der Waals surface area contributed by atoms with Crippen molar-refractivity contribution in [2.24, 2.45) is 0 Å². The second-order valence-electron chi connectivity index (χ2n) is 3.21. The van der Waals surface area contributed by atoms with E-state index in [1.54, 1.807) is 19.4 Å². The molecular weight excluding hydrogens is 166 g/mol. The van der Waals surface area contributed by atoms with Crippen LogP contribution in [0.5, 0.6) is 0 Å². The van der Waals surface area contributed by atoms with Gasteiger partial charge in [-0.25, -0.2) is 4.98 Å². The number of hydrogen-bond acceptors (Lipinski definition) is 4. The van der Waals surface area contributed by atoms with E-state index in [-0.39, 0.29) is 1.43 Å². The van der Waals surface area contributed by atoms with E-state index < -0.39 is 0 Å². The summed E-state index contributed by atoms with van der Waals surface area (Å²) in [6.07, 6.45) is 2.08. The van der Waals surface area contributed by atoms with Crippen molar-refractivity contribution >= 4 is 11.5 Å². The minimum atomic E-state index is 0. The molecule has 2 rings (SSSR count). The van der Waals surface area contributed by atoms with Crippen LogP contribution in [0, 0.1) is 0 Å². The summed E-state index contributed by atoms with van der Waals surface area (Å²) in [5.41, 5.74) is 6.40. The second-order valence-corrected chi connectivity index (χ2v) is 3.21. The summed E-state index contributed by atoms with van der Waals surface area (Å²) in [6, 6.07) is 3.67. The molecule has 1 saturated heterocycles. The van der Waals surface area contributed by atoms with Crippen LogP contribution in [-0.4, -0.2) is 31.3 Å². The fraction of sp³-hybridized carbons (Fsp3) is 0.444. The molecule has 2 heterocycles. The first-order valence-electron chi connectivity index (χ1n) is 4.29. The molecule has 4 nitrogen and oxygen atoms in total. The number of anilines is 2. The first-order valence-corrected chi connectivity index (χ1v) is 4.29. The Morgan fingerprint density at radius 1 is 1.69 bits per heavy atom. The summed E-state index contributed by atoms with van der Waals surface area (Å²) in [5, 5.41) is 0. The summed E-state index contributed by atoms with van der Waals surface area (Å²) < 4.78 is 5.17. The predicted octanol–water partition coefficient (Wildman–Crippen LogP) is 0.745. The second kappa shape index (κ2) is 3.22. The molecule has 0 saturated carbocycles. The highest BCUT2D eigenvalue weighted by atomic mass is 16.5. The first-order chi connectivity index (χ1) is 6.29. The van der Waals surface area contributed by atoms with Crippen LogP contribution in [-0.2, 0) is 4.74 Å². The number of methoxy groups -OCH3 is 1. The highest BCUT2D eigenvalue weighted by molar-refractivity contribution is 5.51. The Morgan fingerprint density at radius 3 is 3.08 bits per heavy atom. The number of pyridine rings is 1. The van der Waals surface area contributed by atoms with E-state index in [0.29, 0.717) is 6.10 Å². The van der Waals surface area contributed by atoms with Gasteiger partial charge in [-0.2, -0.15) is 0 Å². The van der Waals surface area contributed by atoms with Crippen LogP contribution in [0.4, 0.5) is 11.5 Å². The monoisotopic (exact) mass is 181 g/mol. The van der Waals surface area contributed by atoms with Crippen LogP contribution in [0.3, 0.4) is 0 Å². The number of nitrogens with zero attached hydrogens (tertiary/aromatic N) is 2. The maximum Gasteiger partial charge on any atom is 0.130 e. The largest absolute Gasteiger partial charge is 0.399 e. The van der Waals surface area contributed by atoms with Gasteiger partial charge in [-0.1, -0.05) is 0 Å². The van der Waals surface area contributed by atoms with Crippen LogP contribution < -0.4 is 10.6 Å². The average Bonchev–Trinajstić information content (AvgIpc) is 2.02. The third kappa shape index (κ3) is 1.58. The Labute approximate surface area is 78.8 Å². The van der Waals surface area contributed by atoms with Crippen LogP contribution in [0.25, 0.3) is 0 Å². The molecule has 1 fully saturated rings. The molecule has 1 aromatic heterocycles. The lowest BCUT2D eigenvalue weighted by molar-refractivity contribution is 0.0783. The van der Waals surface area contributed by atoms with E-state index in [0.717, 1.165) is 24.6 Å². The van der Waals surface area contributed by atoms with Crippen LogP contribution >= 0.6 is 0 Å². The fourth-order valence-corrected chi connectivity index (χ4v) is 1.38. The molecule has 0 unspecified atom stereocenters. The highest BCUT2D eigenvalue weighted by Crippen LogP contribution is 2.20. The minimum Gasteiger partial charge on any atom is -0.399 e. The quantitative estimate of drug-likeness (QED) is 0.731. The number of hydrogen-bond donors (Lipinski definition) is 1. The standard InChI is InChI=1S/C9H13N3O.H2/c1-13-8-5-12(6-8)9-4-7(10)2-3-11-9;/h2-4,8H,5-6H2,1H3,(H2,10,11);1H. The third-order valence-corrected chi connectivity index (χ3v) is 2.27. The highest BCUT2D eigenvalue weighted by Gasteiger charge is 2.27. The zero-order valence-electron chi connectivity index (χ0n) is 7.60. The van der Waals surface area contributed by atoms with Crippen LogP contribution in [0.15, 0.2) is 18.3 Å². The maximum absolute atomic E-state index is 5.64. The first kappa shape index (κ1) is 8.31. The molecule has 0 spiro atoms. The summed E-state index contributed by atoms with van der Waals surface area (Å²) in [5.74, 6) is 0.938. The molecule has 0 aromatic carbocycles. The summed E-state index contributed by atoms with van der Waals surface area (Å²) in [7, 11) is 1.73. The zero-order valence-corrected chi connectivity index (χ0v) is 7.60. The Bertz CT molecular complexity index is 302. The van der Waals surface area contributed by atoms with Gasteiger partial charge in [0.05, 0.1) is 6.10 Å². The molecule has 13 heavy (non-hydrogen) atoms. The van der Waals surface area contributed by atoms with Gasteiger partial charge >= 0.3 is 0 Å². The molecule has 4 heteroatoms. The topological polar surface area (TPSA) is 51.4 Å². The summed E-state index contributed by atoms with van der Waals surface area (Å²) in [6.45, 7) is 1.82. The Kier molecular flexibility index (Phi) is 2.06. The number of nitrogen functional groups attached to an aromatic ring is 1. The smallest absolute Gasteiger partial charge is 0.130 e. The predicted molar refractivity (Wildman–Crippen MR) is 53.8 cm³/mol. The van der Waals surface area contributed by atoms with Gasteiger partial charge in [-0.3, -0.25) is 0 Å². The van der Waals surface area contributed by atoms with E-state index >= 15 is 0 Å². The molecule has 1 aliphatic heterocycles. The van der Waals surface area contributed by atoms with Crippen molar-refractivity contribution < 1.29 is 6.16 Å². The fourth-order valence-electron chi connectivity index (χ4n) is 1.38. The van der Waals surface area contributed by atoms with Crippen molar-refractivity contribution in [3.05, 3.63) is 18.3 Å². The molecule has 72 valence electrons. The zero-order chi connectivity index (χ0) is 9.26. The third-order valence-electron chi connectivity index (χ3n) is 2.27. The van der Waals surface area contributed by atoms with Crippen molar-refractivity contribution in [2.45, 2.75) is 6.10 Å². The minimum absolute atomic E-state index is 0. The SMILES string of the molecule is COC1CN(c2cc(N)ccn2)C1.[HH]. The summed E-state index contributed by atoms with van der Waals surface area (Å²) in [4.78, 5) is 6.36. The number of nitrogens with two attached hydrogens (primary N) is 1. The van der Waals surface area contributed by atoms with E-state index in [1.807, 2.05) is 6.07 Å². The van der Waals surface area contributed by atoms with Crippen molar-refractivity contribution in [3.8, 4) is 0 Å². The normalized spacial score (nSPS) is 17.2. The van der Waals surface area contributed by atoms with Gasteiger partial charge < -0.3 is 15.4 Å². The lowest BCUT2D eigenvalue weighted by atomic mass is 10.1. The number of ether oxygens (including phenoxy) is 1. The van der Waals surface area contributed by atoms with Crippen molar-refractivity contribution in [2.75, 3.05) is 30.8 Å². The molecule has 0 radical (unpaired) electrons. The van der Waals surface area contributed by atoms with Gasteiger partial charge in [-0.15, -0.1) is 0 Å². The van der Waals surface area contributed by atoms with Crippen LogP contribution in [0.1, 0.15) is 1.43 Å². The van der Waals surface area contributed by atoms with Gasteiger partial charge in [0.2, 0.25) is 0 Å².